The van der Waals surface area contributed by atoms with Crippen LogP contribution >= 0.6 is 0 Å². The van der Waals surface area contributed by atoms with Crippen molar-refractivity contribution in [3.05, 3.63) is 29.6 Å². The molecule has 20 heavy (non-hydrogen) atoms. The van der Waals surface area contributed by atoms with E-state index in [2.05, 4.69) is 4.98 Å². The number of aliphatic hydroxyl groups is 1. The van der Waals surface area contributed by atoms with Crippen molar-refractivity contribution in [1.29, 1.82) is 0 Å². The predicted octanol–water partition coefficient (Wildman–Crippen LogP) is 1.75. The highest BCUT2D eigenvalue weighted by molar-refractivity contribution is 5.93. The molecule has 1 amide bonds. The Kier molecular flexibility index (Phi) is 4.58. The number of aromatic nitrogens is 1. The zero-order valence-corrected chi connectivity index (χ0v) is 9.59. The average Bonchev–Trinajstić information content (AvgIpc) is 2.33. The van der Waals surface area contributed by atoms with Gasteiger partial charge in [-0.05, 0) is 12.1 Å². The van der Waals surface area contributed by atoms with E-state index in [1.165, 1.54) is 0 Å². The lowest BCUT2D eigenvalue weighted by Crippen LogP contribution is -2.40. The molecule has 1 heterocycles. The Morgan fingerprint density at radius 1 is 1.25 bits per heavy atom. The number of nitrogens with one attached hydrogen (secondary N) is 1. The van der Waals surface area contributed by atoms with Crippen LogP contribution in [0.1, 0.15) is 16.1 Å². The van der Waals surface area contributed by atoms with Crippen molar-refractivity contribution in [3.63, 3.8) is 0 Å². The topological polar surface area (TPSA) is 62.2 Å². The molecule has 0 bridgehead atoms. The summed E-state index contributed by atoms with van der Waals surface area (Å²) in [5, 5.41) is 10.4. The van der Waals surface area contributed by atoms with Crippen LogP contribution in [0.25, 0.3) is 0 Å². The second-order valence-electron chi connectivity index (χ2n) is 3.70. The van der Waals surface area contributed by atoms with Crippen molar-refractivity contribution < 1.29 is 36.2 Å². The molecule has 0 spiro atoms. The summed E-state index contributed by atoms with van der Waals surface area (Å²) in [7, 11) is 0. The molecule has 2 N–H and O–H groups in total. The van der Waals surface area contributed by atoms with Gasteiger partial charge in [0.1, 0.15) is 5.69 Å². The molecule has 4 nitrogen and oxygen atoms in total. The number of carbonyl (C=O) groups is 1. The van der Waals surface area contributed by atoms with Crippen molar-refractivity contribution in [1.82, 2.24) is 10.3 Å². The van der Waals surface area contributed by atoms with Crippen LogP contribution < -0.4 is 5.32 Å². The van der Waals surface area contributed by atoms with Gasteiger partial charge in [-0.1, -0.05) is 0 Å². The first-order chi connectivity index (χ1) is 9.01. The van der Waals surface area contributed by atoms with Gasteiger partial charge in [0.2, 0.25) is 0 Å². The van der Waals surface area contributed by atoms with E-state index in [0.29, 0.717) is 12.3 Å². The van der Waals surface area contributed by atoms with E-state index in [4.69, 9.17) is 5.11 Å². The second-order valence-corrected chi connectivity index (χ2v) is 3.70. The Labute approximate surface area is 108 Å². The standard InChI is InChI=1S/C10H8F6N2O2/c11-9(12,13)6-2-1-5(3-17-6)8(20)18-4-7(19)10(14,15)16/h1-3,7,19H,4H2,(H,18,20). The Balaban J connectivity index is 2.65. The average molecular weight is 302 g/mol. The first-order valence-corrected chi connectivity index (χ1v) is 5.08. The van der Waals surface area contributed by atoms with Gasteiger partial charge in [0, 0.05) is 6.20 Å². The smallest absolute Gasteiger partial charge is 0.382 e. The molecule has 1 rings (SSSR count). The fourth-order valence-electron chi connectivity index (χ4n) is 1.10. The van der Waals surface area contributed by atoms with Gasteiger partial charge < -0.3 is 10.4 Å². The lowest BCUT2D eigenvalue weighted by Gasteiger charge is -2.15. The Morgan fingerprint density at radius 3 is 2.25 bits per heavy atom. The van der Waals surface area contributed by atoms with Gasteiger partial charge in [0.05, 0.1) is 12.1 Å². The van der Waals surface area contributed by atoms with E-state index in [-0.39, 0.29) is 5.56 Å². The van der Waals surface area contributed by atoms with E-state index in [9.17, 15) is 31.1 Å². The zero-order chi connectivity index (χ0) is 15.6. The van der Waals surface area contributed by atoms with E-state index in [1.807, 2.05) is 0 Å². The van der Waals surface area contributed by atoms with Gasteiger partial charge in [-0.25, -0.2) is 0 Å². The maximum atomic E-state index is 12.2. The molecule has 0 aliphatic carbocycles. The molecule has 1 unspecified atom stereocenters. The summed E-state index contributed by atoms with van der Waals surface area (Å²) in [4.78, 5) is 14.3. The number of pyridine rings is 1. The van der Waals surface area contributed by atoms with Crippen LogP contribution in [-0.2, 0) is 6.18 Å². The quantitative estimate of drug-likeness (QED) is 0.836. The Bertz CT molecular complexity index is 468. The summed E-state index contributed by atoms with van der Waals surface area (Å²) in [6.07, 6.45) is -11.8. The largest absolute Gasteiger partial charge is 0.433 e. The molecule has 0 saturated heterocycles. The number of amides is 1. The lowest BCUT2D eigenvalue weighted by atomic mass is 10.2. The second kappa shape index (κ2) is 5.65. The van der Waals surface area contributed by atoms with Gasteiger partial charge in [0.25, 0.3) is 5.91 Å². The van der Waals surface area contributed by atoms with Crippen molar-refractivity contribution in [2.24, 2.45) is 0 Å². The number of hydrogen-bond acceptors (Lipinski definition) is 3. The molecule has 10 heteroatoms. The molecule has 112 valence electrons. The Morgan fingerprint density at radius 2 is 1.85 bits per heavy atom. The summed E-state index contributed by atoms with van der Waals surface area (Å²) >= 11 is 0. The van der Waals surface area contributed by atoms with Crippen LogP contribution in [0.5, 0.6) is 0 Å². The predicted molar refractivity (Wildman–Crippen MR) is 53.6 cm³/mol. The van der Waals surface area contributed by atoms with Crippen LogP contribution in [0.2, 0.25) is 0 Å². The van der Waals surface area contributed by atoms with Crippen LogP contribution in [0.3, 0.4) is 0 Å². The van der Waals surface area contributed by atoms with Gasteiger partial charge >= 0.3 is 12.4 Å². The summed E-state index contributed by atoms with van der Waals surface area (Å²) in [5.41, 5.74) is -1.59. The van der Waals surface area contributed by atoms with Gasteiger partial charge in [-0.15, -0.1) is 0 Å². The number of hydrogen-bond donors (Lipinski definition) is 2. The van der Waals surface area contributed by atoms with Crippen LogP contribution in [0, 0.1) is 0 Å². The third kappa shape index (κ3) is 4.37. The third-order valence-electron chi connectivity index (χ3n) is 2.15. The van der Waals surface area contributed by atoms with E-state index >= 15 is 0 Å². The monoisotopic (exact) mass is 302 g/mol. The molecule has 0 fully saturated rings. The maximum absolute atomic E-state index is 12.2. The van der Waals surface area contributed by atoms with Gasteiger partial charge in [-0.2, -0.15) is 26.3 Å². The first-order valence-electron chi connectivity index (χ1n) is 5.08. The van der Waals surface area contributed by atoms with Crippen LogP contribution in [0.4, 0.5) is 26.3 Å². The molecular formula is C10H8F6N2O2. The summed E-state index contributed by atoms with van der Waals surface area (Å²) in [5.74, 6) is -1.07. The molecule has 0 radical (unpaired) electrons. The molecule has 0 aliphatic rings. The van der Waals surface area contributed by atoms with Gasteiger partial charge in [0.15, 0.2) is 6.10 Å². The summed E-state index contributed by atoms with van der Waals surface area (Å²) in [6, 6.07) is 1.29. The van der Waals surface area contributed by atoms with Crippen molar-refractivity contribution in [2.45, 2.75) is 18.5 Å². The molecular weight excluding hydrogens is 294 g/mol. The van der Waals surface area contributed by atoms with Crippen molar-refractivity contribution in [2.75, 3.05) is 6.54 Å². The first kappa shape index (κ1) is 16.2. The van der Waals surface area contributed by atoms with Crippen molar-refractivity contribution >= 4 is 5.91 Å². The fourth-order valence-corrected chi connectivity index (χ4v) is 1.10. The fraction of sp³-hybridized carbons (Fsp3) is 0.400. The maximum Gasteiger partial charge on any atom is 0.433 e. The van der Waals surface area contributed by atoms with Crippen LogP contribution in [-0.4, -0.2) is 34.8 Å². The number of carbonyl (C=O) groups excluding carboxylic acids is 1. The summed E-state index contributed by atoms with van der Waals surface area (Å²) in [6.45, 7) is -1.11. The molecule has 0 aliphatic heterocycles. The number of nitrogens with zero attached hydrogens (tertiary/aromatic N) is 1. The minimum atomic E-state index is -4.90. The number of rotatable bonds is 3. The summed E-state index contributed by atoms with van der Waals surface area (Å²) < 4.78 is 72.4. The number of alkyl halides is 6. The van der Waals surface area contributed by atoms with Crippen LogP contribution in [0.15, 0.2) is 18.3 Å². The van der Waals surface area contributed by atoms with Crippen molar-refractivity contribution in [3.8, 4) is 0 Å². The molecule has 0 saturated carbocycles. The molecule has 1 aromatic heterocycles. The highest BCUT2D eigenvalue weighted by Crippen LogP contribution is 2.27. The highest BCUT2D eigenvalue weighted by Gasteiger charge is 2.38. The SMILES string of the molecule is O=C(NCC(O)C(F)(F)F)c1ccc(C(F)(F)F)nc1. The molecule has 1 aromatic rings. The lowest BCUT2D eigenvalue weighted by molar-refractivity contribution is -0.201. The third-order valence-corrected chi connectivity index (χ3v) is 2.15. The molecule has 1 atom stereocenters. The minimum Gasteiger partial charge on any atom is -0.382 e. The normalized spacial score (nSPS) is 13.9. The zero-order valence-electron chi connectivity index (χ0n) is 9.59. The molecule has 0 aromatic carbocycles. The van der Waals surface area contributed by atoms with E-state index < -0.39 is 36.6 Å². The van der Waals surface area contributed by atoms with E-state index in [0.717, 1.165) is 6.07 Å². The highest BCUT2D eigenvalue weighted by atomic mass is 19.4. The van der Waals surface area contributed by atoms with Gasteiger partial charge in [-0.3, -0.25) is 9.78 Å². The van der Waals surface area contributed by atoms with E-state index in [1.54, 1.807) is 5.32 Å². The minimum absolute atomic E-state index is 0.354. The number of halogens is 6. The number of aliphatic hydroxyl groups excluding tert-OH is 1. The Hall–Kier alpha value is -1.84.